The van der Waals surface area contributed by atoms with Crippen LogP contribution in [0.15, 0.2) is 48.5 Å². The Kier molecular flexibility index (Phi) is 4.75. The van der Waals surface area contributed by atoms with Gasteiger partial charge < -0.3 is 5.32 Å². The maximum Gasteiger partial charge on any atom is 0.292 e. The summed E-state index contributed by atoms with van der Waals surface area (Å²) in [6.45, 7) is 4.52. The van der Waals surface area contributed by atoms with E-state index in [9.17, 15) is 14.9 Å². The van der Waals surface area contributed by atoms with E-state index >= 15 is 0 Å². The fourth-order valence-electron chi connectivity index (χ4n) is 3.70. The number of rotatable bonds is 4. The minimum Gasteiger partial charge on any atom is -0.316 e. The number of hydrogen-bond donors (Lipinski definition) is 1. The second kappa shape index (κ2) is 7.36. The quantitative estimate of drug-likeness (QED) is 0.553. The Morgan fingerprint density at radius 3 is 2.75 bits per heavy atom. The first-order valence-corrected chi connectivity index (χ1v) is 9.26. The number of carbonyl (C=O) groups excluding carboxylic acids is 1. The second-order valence-electron chi connectivity index (χ2n) is 6.78. The Hall–Kier alpha value is -3.32. The Morgan fingerprint density at radius 2 is 1.96 bits per heavy atom. The summed E-state index contributed by atoms with van der Waals surface area (Å²) in [5.41, 5.74) is 3.21. The first-order valence-electron chi connectivity index (χ1n) is 9.26. The highest BCUT2D eigenvalue weighted by Gasteiger charge is 2.26. The monoisotopic (exact) mass is 376 g/mol. The van der Waals surface area contributed by atoms with Crippen LogP contribution >= 0.6 is 0 Å². The molecular weight excluding hydrogens is 356 g/mol. The van der Waals surface area contributed by atoms with Gasteiger partial charge in [0, 0.05) is 42.2 Å². The molecule has 3 aromatic rings. The number of hydrogen-bond acceptors (Lipinski definition) is 5. The fraction of sp³-hybridized carbons (Fsp3) is 0.238. The third kappa shape index (κ3) is 3.20. The second-order valence-corrected chi connectivity index (χ2v) is 6.78. The average Bonchev–Trinajstić information content (AvgIpc) is 2.71. The van der Waals surface area contributed by atoms with Crippen LogP contribution in [0.5, 0.6) is 0 Å². The van der Waals surface area contributed by atoms with Crippen molar-refractivity contribution in [2.24, 2.45) is 0 Å². The van der Waals surface area contributed by atoms with Crippen LogP contribution in [0.3, 0.4) is 0 Å². The molecule has 4 rings (SSSR count). The van der Waals surface area contributed by atoms with E-state index in [1.54, 1.807) is 18.2 Å². The molecule has 1 amide bonds. The number of para-hydroxylation sites is 3. The lowest BCUT2D eigenvalue weighted by Gasteiger charge is -2.29. The third-order valence-electron chi connectivity index (χ3n) is 5.15. The molecule has 0 atom stereocenters. The van der Waals surface area contributed by atoms with E-state index in [4.69, 9.17) is 4.98 Å². The van der Waals surface area contributed by atoms with Gasteiger partial charge in [0.15, 0.2) is 0 Å². The molecule has 0 bridgehead atoms. The largest absolute Gasteiger partial charge is 0.316 e. The van der Waals surface area contributed by atoms with Gasteiger partial charge in [-0.2, -0.15) is 0 Å². The summed E-state index contributed by atoms with van der Waals surface area (Å²) >= 11 is 0. The maximum absolute atomic E-state index is 13.3. The van der Waals surface area contributed by atoms with Gasteiger partial charge in [-0.05, 0) is 18.7 Å². The number of amides is 1. The predicted molar refractivity (Wildman–Crippen MR) is 107 cm³/mol. The molecule has 0 spiro atoms. The van der Waals surface area contributed by atoms with E-state index in [-0.39, 0.29) is 17.3 Å². The van der Waals surface area contributed by atoms with Crippen LogP contribution < -0.4 is 5.32 Å². The molecule has 0 radical (unpaired) electrons. The Labute approximate surface area is 162 Å². The summed E-state index contributed by atoms with van der Waals surface area (Å²) in [4.78, 5) is 31.1. The molecule has 2 heterocycles. The summed E-state index contributed by atoms with van der Waals surface area (Å²) in [5, 5.41) is 14.8. The zero-order valence-electron chi connectivity index (χ0n) is 15.5. The smallest absolute Gasteiger partial charge is 0.292 e. The van der Waals surface area contributed by atoms with Gasteiger partial charge in [0.05, 0.1) is 16.0 Å². The molecule has 0 aliphatic carbocycles. The van der Waals surface area contributed by atoms with Crippen molar-refractivity contribution in [2.75, 3.05) is 18.4 Å². The minimum atomic E-state index is -0.492. The van der Waals surface area contributed by atoms with Crippen molar-refractivity contribution in [1.29, 1.82) is 0 Å². The topological polar surface area (TPSA) is 88.4 Å². The molecule has 0 unspecified atom stereocenters. The van der Waals surface area contributed by atoms with Gasteiger partial charge in [0.2, 0.25) is 0 Å². The van der Waals surface area contributed by atoms with Crippen molar-refractivity contribution in [3.63, 3.8) is 0 Å². The zero-order chi connectivity index (χ0) is 19.7. The SMILES string of the molecule is CCN1CCc2nc3ccccc3c(C(=O)Nc3ccccc3[N+](=O)[O-])c2C1. The molecule has 1 aliphatic rings. The number of benzene rings is 2. The number of likely N-dealkylation sites (N-methyl/N-ethyl adjacent to an activating group) is 1. The normalized spacial score (nSPS) is 13.9. The molecule has 0 saturated heterocycles. The molecule has 1 N–H and O–H groups in total. The molecule has 1 aromatic heterocycles. The Bertz CT molecular complexity index is 1080. The summed E-state index contributed by atoms with van der Waals surface area (Å²) in [6.07, 6.45) is 0.778. The molecule has 1 aliphatic heterocycles. The highest BCUT2D eigenvalue weighted by Crippen LogP contribution is 2.30. The zero-order valence-corrected chi connectivity index (χ0v) is 15.5. The van der Waals surface area contributed by atoms with Crippen LogP contribution in [0.1, 0.15) is 28.5 Å². The highest BCUT2D eigenvalue weighted by atomic mass is 16.6. The van der Waals surface area contributed by atoms with Crippen LogP contribution in [0, 0.1) is 10.1 Å². The lowest BCUT2D eigenvalue weighted by Crippen LogP contribution is -2.33. The standard InChI is InChI=1S/C21H20N4O3/c1-2-24-12-11-17-15(13-24)20(14-7-3-4-8-16(14)22-17)21(26)23-18-9-5-6-10-19(18)25(27)28/h3-10H,2,11-13H2,1H3,(H,23,26). The lowest BCUT2D eigenvalue weighted by molar-refractivity contribution is -0.383. The number of anilines is 1. The maximum atomic E-state index is 13.3. The number of pyridine rings is 1. The number of carbonyl (C=O) groups is 1. The number of nitrogens with one attached hydrogen (secondary N) is 1. The van der Waals surface area contributed by atoms with Crippen LogP contribution in [0.4, 0.5) is 11.4 Å². The number of fused-ring (bicyclic) bond motifs is 2. The fourth-order valence-corrected chi connectivity index (χ4v) is 3.70. The van der Waals surface area contributed by atoms with Crippen molar-refractivity contribution < 1.29 is 9.72 Å². The van der Waals surface area contributed by atoms with Crippen LogP contribution in [0.25, 0.3) is 10.9 Å². The molecule has 7 nitrogen and oxygen atoms in total. The van der Waals surface area contributed by atoms with Crippen molar-refractivity contribution in [1.82, 2.24) is 9.88 Å². The molecular formula is C21H20N4O3. The van der Waals surface area contributed by atoms with E-state index in [1.807, 2.05) is 24.3 Å². The minimum absolute atomic E-state index is 0.127. The number of nitro benzene ring substituents is 1. The van der Waals surface area contributed by atoms with Gasteiger partial charge in [-0.1, -0.05) is 37.3 Å². The van der Waals surface area contributed by atoms with Gasteiger partial charge in [0.25, 0.3) is 11.6 Å². The summed E-state index contributed by atoms with van der Waals surface area (Å²) in [7, 11) is 0. The van der Waals surface area contributed by atoms with Crippen molar-refractivity contribution in [3.05, 3.63) is 75.5 Å². The van der Waals surface area contributed by atoms with E-state index < -0.39 is 4.92 Å². The van der Waals surface area contributed by atoms with Crippen molar-refractivity contribution >= 4 is 28.2 Å². The van der Waals surface area contributed by atoms with Crippen molar-refractivity contribution in [3.8, 4) is 0 Å². The van der Waals surface area contributed by atoms with Gasteiger partial charge in [0.1, 0.15) is 5.69 Å². The molecule has 0 saturated carbocycles. The van der Waals surface area contributed by atoms with Crippen LogP contribution in [-0.2, 0) is 13.0 Å². The summed E-state index contributed by atoms with van der Waals surface area (Å²) < 4.78 is 0. The van der Waals surface area contributed by atoms with Crippen LogP contribution in [0.2, 0.25) is 0 Å². The summed E-state index contributed by atoms with van der Waals surface area (Å²) in [5.74, 6) is -0.345. The molecule has 142 valence electrons. The van der Waals surface area contributed by atoms with Crippen LogP contribution in [-0.4, -0.2) is 33.8 Å². The molecule has 7 heteroatoms. The van der Waals surface area contributed by atoms with E-state index in [0.717, 1.165) is 41.7 Å². The number of aromatic nitrogens is 1. The molecule has 0 fully saturated rings. The third-order valence-corrected chi connectivity index (χ3v) is 5.15. The van der Waals surface area contributed by atoms with E-state index in [0.29, 0.717) is 12.1 Å². The van der Waals surface area contributed by atoms with Gasteiger partial charge >= 0.3 is 0 Å². The predicted octanol–water partition coefficient (Wildman–Crippen LogP) is 3.77. The van der Waals surface area contributed by atoms with Crippen molar-refractivity contribution in [2.45, 2.75) is 19.9 Å². The Balaban J connectivity index is 1.83. The average molecular weight is 376 g/mol. The van der Waals surface area contributed by atoms with Gasteiger partial charge in [-0.25, -0.2) is 0 Å². The highest BCUT2D eigenvalue weighted by molar-refractivity contribution is 6.14. The molecule has 2 aromatic carbocycles. The first-order chi connectivity index (χ1) is 13.6. The van der Waals surface area contributed by atoms with Gasteiger partial charge in [-0.15, -0.1) is 0 Å². The first kappa shape index (κ1) is 18.1. The number of nitrogens with zero attached hydrogens (tertiary/aromatic N) is 3. The lowest BCUT2D eigenvalue weighted by atomic mass is 9.95. The number of nitro groups is 1. The summed E-state index contributed by atoms with van der Waals surface area (Å²) in [6, 6.07) is 13.7. The van der Waals surface area contributed by atoms with E-state index in [1.165, 1.54) is 6.07 Å². The Morgan fingerprint density at radius 1 is 1.21 bits per heavy atom. The van der Waals surface area contributed by atoms with Gasteiger partial charge in [-0.3, -0.25) is 24.8 Å². The van der Waals surface area contributed by atoms with E-state index in [2.05, 4.69) is 17.1 Å². The molecule has 28 heavy (non-hydrogen) atoms.